The highest BCUT2D eigenvalue weighted by molar-refractivity contribution is 7.92. The van der Waals surface area contributed by atoms with E-state index in [1.807, 2.05) is 32.3 Å². The van der Waals surface area contributed by atoms with Gasteiger partial charge in [0, 0.05) is 24.7 Å². The van der Waals surface area contributed by atoms with Gasteiger partial charge in [-0.15, -0.1) is 0 Å². The van der Waals surface area contributed by atoms with E-state index in [2.05, 4.69) is 20.9 Å². The SMILES string of the molecule is CN(C)CCCNC(=O)c1ccc2c(c1)Nc1cc(-c3ccccc3N(C)S(C)(=O)=O)ccc1C(=O)N2. The van der Waals surface area contributed by atoms with Gasteiger partial charge in [-0.05, 0) is 69.0 Å². The first-order valence-electron chi connectivity index (χ1n) is 11.9. The Labute approximate surface area is 217 Å². The highest BCUT2D eigenvalue weighted by atomic mass is 32.2. The Bertz CT molecular complexity index is 1450. The van der Waals surface area contributed by atoms with Gasteiger partial charge in [0.25, 0.3) is 11.8 Å². The third kappa shape index (κ3) is 5.92. The molecule has 0 saturated heterocycles. The van der Waals surface area contributed by atoms with Gasteiger partial charge in [-0.3, -0.25) is 13.9 Å². The molecule has 4 rings (SSSR count). The van der Waals surface area contributed by atoms with Crippen molar-refractivity contribution >= 4 is 44.6 Å². The Morgan fingerprint density at radius 1 is 0.892 bits per heavy atom. The summed E-state index contributed by atoms with van der Waals surface area (Å²) in [6.45, 7) is 1.44. The van der Waals surface area contributed by atoms with Gasteiger partial charge in [-0.1, -0.05) is 24.3 Å². The van der Waals surface area contributed by atoms with E-state index < -0.39 is 10.0 Å². The molecule has 10 heteroatoms. The lowest BCUT2D eigenvalue weighted by atomic mass is 10.0. The van der Waals surface area contributed by atoms with Gasteiger partial charge in [-0.25, -0.2) is 8.42 Å². The molecular formula is C27H31N5O4S. The van der Waals surface area contributed by atoms with Gasteiger partial charge in [0.2, 0.25) is 10.0 Å². The van der Waals surface area contributed by atoms with Crippen LogP contribution in [0.3, 0.4) is 0 Å². The Kier molecular flexibility index (Phi) is 7.51. The van der Waals surface area contributed by atoms with Gasteiger partial charge in [0.1, 0.15) is 0 Å². The van der Waals surface area contributed by atoms with Crippen LogP contribution < -0.4 is 20.3 Å². The number of carbonyl (C=O) groups excluding carboxylic acids is 2. The number of nitrogens with one attached hydrogen (secondary N) is 3. The smallest absolute Gasteiger partial charge is 0.257 e. The summed E-state index contributed by atoms with van der Waals surface area (Å²) in [4.78, 5) is 27.7. The largest absolute Gasteiger partial charge is 0.353 e. The third-order valence-corrected chi connectivity index (χ3v) is 7.37. The minimum Gasteiger partial charge on any atom is -0.353 e. The van der Waals surface area contributed by atoms with Crippen LogP contribution in [0.15, 0.2) is 60.7 Å². The summed E-state index contributed by atoms with van der Waals surface area (Å²) >= 11 is 0. The van der Waals surface area contributed by atoms with E-state index in [0.717, 1.165) is 24.8 Å². The maximum absolute atomic E-state index is 12.9. The van der Waals surface area contributed by atoms with Gasteiger partial charge < -0.3 is 20.9 Å². The number of benzene rings is 3. The van der Waals surface area contributed by atoms with Gasteiger partial charge in [0.05, 0.1) is 34.6 Å². The minimum absolute atomic E-state index is 0.189. The van der Waals surface area contributed by atoms with Crippen LogP contribution in [0.1, 0.15) is 27.1 Å². The summed E-state index contributed by atoms with van der Waals surface area (Å²) in [6.07, 6.45) is 1.99. The van der Waals surface area contributed by atoms with Crippen molar-refractivity contribution in [3.05, 3.63) is 71.8 Å². The van der Waals surface area contributed by atoms with E-state index in [1.54, 1.807) is 42.5 Å². The van der Waals surface area contributed by atoms with E-state index in [9.17, 15) is 18.0 Å². The average molecular weight is 522 g/mol. The number of nitrogens with zero attached hydrogens (tertiary/aromatic N) is 2. The summed E-state index contributed by atoms with van der Waals surface area (Å²) in [5.74, 6) is -0.471. The molecule has 0 unspecified atom stereocenters. The second-order valence-electron chi connectivity index (χ2n) is 9.26. The van der Waals surface area contributed by atoms with Crippen molar-refractivity contribution < 1.29 is 18.0 Å². The number of hydrogen-bond donors (Lipinski definition) is 3. The van der Waals surface area contributed by atoms with Gasteiger partial charge in [0.15, 0.2) is 0 Å². The van der Waals surface area contributed by atoms with E-state index in [1.165, 1.54) is 11.4 Å². The molecule has 1 heterocycles. The Morgan fingerprint density at radius 2 is 1.65 bits per heavy atom. The molecule has 3 N–H and O–H groups in total. The molecule has 3 aromatic rings. The fourth-order valence-electron chi connectivity index (χ4n) is 4.12. The predicted molar refractivity (Wildman–Crippen MR) is 148 cm³/mol. The zero-order valence-electron chi connectivity index (χ0n) is 21.3. The first-order valence-corrected chi connectivity index (χ1v) is 13.7. The molecular weight excluding hydrogens is 490 g/mol. The third-order valence-electron chi connectivity index (χ3n) is 6.18. The Morgan fingerprint density at radius 3 is 2.38 bits per heavy atom. The van der Waals surface area contributed by atoms with E-state index >= 15 is 0 Å². The second-order valence-corrected chi connectivity index (χ2v) is 11.3. The maximum Gasteiger partial charge on any atom is 0.257 e. The number of sulfonamides is 1. The van der Waals surface area contributed by atoms with Crippen molar-refractivity contribution in [1.29, 1.82) is 0 Å². The Balaban J connectivity index is 1.65. The normalized spacial score (nSPS) is 12.6. The fourth-order valence-corrected chi connectivity index (χ4v) is 4.63. The van der Waals surface area contributed by atoms with Crippen molar-refractivity contribution in [2.45, 2.75) is 6.42 Å². The van der Waals surface area contributed by atoms with Crippen LogP contribution in [0.5, 0.6) is 0 Å². The number of rotatable bonds is 8. The molecule has 0 atom stereocenters. The predicted octanol–water partition coefficient (Wildman–Crippen LogP) is 3.74. The molecule has 0 bridgehead atoms. The monoisotopic (exact) mass is 521 g/mol. The summed E-state index contributed by atoms with van der Waals surface area (Å²) in [7, 11) is 2.01. The molecule has 9 nitrogen and oxygen atoms in total. The summed E-state index contributed by atoms with van der Waals surface area (Å²) in [5, 5.41) is 9.12. The first kappa shape index (κ1) is 26.2. The summed E-state index contributed by atoms with van der Waals surface area (Å²) in [6, 6.07) is 17.6. The fraction of sp³-hybridized carbons (Fsp3) is 0.259. The molecule has 0 aliphatic carbocycles. The van der Waals surface area contributed by atoms with Gasteiger partial charge >= 0.3 is 0 Å². The standard InChI is InChI=1S/C27H31N5O4S/c1-31(2)15-7-14-28-26(33)19-11-13-22-24(17-19)29-23-16-18(10-12-21(23)27(34)30-22)20-8-5-6-9-25(20)32(3)37(4,35)36/h5-6,8-13,16-17,29H,7,14-15H2,1-4H3,(H,28,33)(H,30,34). The van der Waals surface area contributed by atoms with Crippen LogP contribution >= 0.6 is 0 Å². The number of fused-ring (bicyclic) bond motifs is 2. The molecule has 0 saturated carbocycles. The van der Waals surface area contributed by atoms with Crippen molar-refractivity contribution in [2.24, 2.45) is 0 Å². The van der Waals surface area contributed by atoms with Gasteiger partial charge in [-0.2, -0.15) is 0 Å². The van der Waals surface area contributed by atoms with Crippen LogP contribution in [-0.4, -0.2) is 65.6 Å². The zero-order chi connectivity index (χ0) is 26.7. The molecule has 0 fully saturated rings. The van der Waals surface area contributed by atoms with Crippen LogP contribution in [0.4, 0.5) is 22.7 Å². The quantitative estimate of drug-likeness (QED) is 0.390. The number of carbonyl (C=O) groups is 2. The lowest BCUT2D eigenvalue weighted by Gasteiger charge is -2.21. The molecule has 37 heavy (non-hydrogen) atoms. The first-order chi connectivity index (χ1) is 17.5. The maximum atomic E-state index is 12.9. The zero-order valence-corrected chi connectivity index (χ0v) is 22.1. The molecule has 0 spiro atoms. The minimum atomic E-state index is -3.47. The lowest BCUT2D eigenvalue weighted by Crippen LogP contribution is -2.27. The highest BCUT2D eigenvalue weighted by Gasteiger charge is 2.22. The number of hydrogen-bond acceptors (Lipinski definition) is 6. The van der Waals surface area contributed by atoms with Crippen molar-refractivity contribution in [3.8, 4) is 11.1 Å². The van der Waals surface area contributed by atoms with E-state index in [4.69, 9.17) is 0 Å². The van der Waals surface area contributed by atoms with Crippen molar-refractivity contribution in [2.75, 3.05) is 55.4 Å². The highest BCUT2D eigenvalue weighted by Crippen LogP contribution is 2.37. The summed E-state index contributed by atoms with van der Waals surface area (Å²) in [5.41, 5.74) is 4.58. The summed E-state index contributed by atoms with van der Waals surface area (Å²) < 4.78 is 25.6. The second kappa shape index (κ2) is 10.6. The van der Waals surface area contributed by atoms with E-state index in [0.29, 0.717) is 46.0 Å². The van der Waals surface area contributed by atoms with Crippen LogP contribution in [0.2, 0.25) is 0 Å². The lowest BCUT2D eigenvalue weighted by molar-refractivity contribution is 0.0951. The molecule has 2 amide bonds. The molecule has 0 aromatic heterocycles. The van der Waals surface area contributed by atoms with E-state index in [-0.39, 0.29) is 11.8 Å². The van der Waals surface area contributed by atoms with Crippen LogP contribution in [0.25, 0.3) is 11.1 Å². The topological polar surface area (TPSA) is 111 Å². The average Bonchev–Trinajstić information content (AvgIpc) is 2.99. The molecule has 194 valence electrons. The molecule has 1 aliphatic heterocycles. The van der Waals surface area contributed by atoms with Crippen molar-refractivity contribution in [3.63, 3.8) is 0 Å². The number of anilines is 4. The number of amides is 2. The molecule has 3 aromatic carbocycles. The molecule has 0 radical (unpaired) electrons. The van der Waals surface area contributed by atoms with Crippen molar-refractivity contribution in [1.82, 2.24) is 10.2 Å². The number of para-hydroxylation sites is 1. The van der Waals surface area contributed by atoms with Crippen LogP contribution in [-0.2, 0) is 10.0 Å². The Hall–Kier alpha value is -3.89. The molecule has 1 aliphatic rings. The van der Waals surface area contributed by atoms with Crippen LogP contribution in [0, 0.1) is 0 Å².